The topological polar surface area (TPSA) is 39.7 Å². The first-order valence-corrected chi connectivity index (χ1v) is 9.76. The van der Waals surface area contributed by atoms with Crippen molar-refractivity contribution in [2.75, 3.05) is 26.9 Å². The SMILES string of the molecule is CCOCCCNCc1cc(Br)c(OCc2cccc(C)c2)c(OC)c1. The van der Waals surface area contributed by atoms with Crippen molar-refractivity contribution in [3.05, 3.63) is 57.6 Å². The number of aryl methyl sites for hydroxylation is 1. The molecule has 0 aliphatic heterocycles. The van der Waals surface area contributed by atoms with Crippen LogP contribution >= 0.6 is 15.9 Å². The van der Waals surface area contributed by atoms with Gasteiger partial charge in [-0.1, -0.05) is 29.8 Å². The standard InChI is InChI=1S/C21H28BrNO3/c1-4-25-10-6-9-23-14-18-12-19(22)21(20(13-18)24-3)26-15-17-8-5-7-16(2)11-17/h5,7-8,11-13,23H,4,6,9-10,14-15H2,1-3H3. The fourth-order valence-corrected chi connectivity index (χ4v) is 3.25. The molecule has 0 aliphatic carbocycles. The van der Waals surface area contributed by atoms with Gasteiger partial charge >= 0.3 is 0 Å². The third-order valence-corrected chi connectivity index (χ3v) is 4.52. The lowest BCUT2D eigenvalue weighted by Gasteiger charge is -2.15. The number of ether oxygens (including phenoxy) is 3. The van der Waals surface area contributed by atoms with Gasteiger partial charge < -0.3 is 19.5 Å². The largest absolute Gasteiger partial charge is 0.493 e. The van der Waals surface area contributed by atoms with Gasteiger partial charge in [-0.15, -0.1) is 0 Å². The molecular weight excluding hydrogens is 394 g/mol. The third kappa shape index (κ3) is 6.63. The van der Waals surface area contributed by atoms with Crippen molar-refractivity contribution in [2.45, 2.75) is 33.4 Å². The predicted octanol–water partition coefficient (Wildman–Crippen LogP) is 4.86. The first-order chi connectivity index (χ1) is 12.6. The smallest absolute Gasteiger partial charge is 0.175 e. The molecule has 0 bridgehead atoms. The fourth-order valence-electron chi connectivity index (χ4n) is 2.65. The molecule has 142 valence electrons. The van der Waals surface area contributed by atoms with Crippen molar-refractivity contribution < 1.29 is 14.2 Å². The normalized spacial score (nSPS) is 10.8. The van der Waals surface area contributed by atoms with E-state index < -0.39 is 0 Å². The monoisotopic (exact) mass is 421 g/mol. The Hall–Kier alpha value is -1.56. The second-order valence-corrected chi connectivity index (χ2v) is 6.97. The van der Waals surface area contributed by atoms with Crippen LogP contribution in [0.1, 0.15) is 30.0 Å². The summed E-state index contributed by atoms with van der Waals surface area (Å²) in [5.41, 5.74) is 3.51. The average Bonchev–Trinajstić information content (AvgIpc) is 2.63. The van der Waals surface area contributed by atoms with E-state index in [1.807, 2.05) is 19.1 Å². The number of methoxy groups -OCH3 is 1. The maximum absolute atomic E-state index is 6.02. The van der Waals surface area contributed by atoms with Crippen LogP contribution in [-0.4, -0.2) is 26.9 Å². The summed E-state index contributed by atoms with van der Waals surface area (Å²) >= 11 is 3.62. The van der Waals surface area contributed by atoms with Gasteiger partial charge in [0.05, 0.1) is 11.6 Å². The van der Waals surface area contributed by atoms with Gasteiger partial charge in [-0.25, -0.2) is 0 Å². The van der Waals surface area contributed by atoms with Crippen molar-refractivity contribution >= 4 is 15.9 Å². The number of hydrogen-bond acceptors (Lipinski definition) is 4. The quantitative estimate of drug-likeness (QED) is 0.525. The average molecular weight is 422 g/mol. The summed E-state index contributed by atoms with van der Waals surface area (Å²) in [4.78, 5) is 0. The predicted molar refractivity (Wildman–Crippen MR) is 109 cm³/mol. The molecule has 2 rings (SSSR count). The van der Waals surface area contributed by atoms with E-state index in [1.165, 1.54) is 5.56 Å². The van der Waals surface area contributed by atoms with Crippen molar-refractivity contribution in [3.8, 4) is 11.5 Å². The molecule has 0 heterocycles. The summed E-state index contributed by atoms with van der Waals surface area (Å²) in [5.74, 6) is 1.47. The van der Waals surface area contributed by atoms with E-state index in [0.717, 1.165) is 59.8 Å². The number of nitrogens with one attached hydrogen (secondary N) is 1. The maximum atomic E-state index is 6.02. The first-order valence-electron chi connectivity index (χ1n) is 8.97. The zero-order valence-corrected chi connectivity index (χ0v) is 17.4. The second kappa shape index (κ2) is 11.2. The molecule has 26 heavy (non-hydrogen) atoms. The van der Waals surface area contributed by atoms with Crippen LogP contribution in [0.2, 0.25) is 0 Å². The van der Waals surface area contributed by atoms with Gasteiger partial charge in [-0.2, -0.15) is 0 Å². The van der Waals surface area contributed by atoms with Gasteiger partial charge in [0.25, 0.3) is 0 Å². The highest BCUT2D eigenvalue weighted by molar-refractivity contribution is 9.10. The van der Waals surface area contributed by atoms with Crippen molar-refractivity contribution in [3.63, 3.8) is 0 Å². The van der Waals surface area contributed by atoms with Gasteiger partial charge in [0.15, 0.2) is 11.5 Å². The molecule has 0 saturated carbocycles. The summed E-state index contributed by atoms with van der Waals surface area (Å²) in [7, 11) is 1.67. The number of rotatable bonds is 11. The Balaban J connectivity index is 1.95. The van der Waals surface area contributed by atoms with E-state index in [2.05, 4.69) is 52.4 Å². The Kier molecular flexibility index (Phi) is 8.95. The molecule has 0 atom stereocenters. The van der Waals surface area contributed by atoms with Crippen LogP contribution in [0.25, 0.3) is 0 Å². The zero-order valence-electron chi connectivity index (χ0n) is 15.8. The minimum Gasteiger partial charge on any atom is -0.493 e. The van der Waals surface area contributed by atoms with Gasteiger partial charge in [0.2, 0.25) is 0 Å². The van der Waals surface area contributed by atoms with Crippen LogP contribution < -0.4 is 14.8 Å². The minimum absolute atomic E-state index is 0.506. The summed E-state index contributed by atoms with van der Waals surface area (Å²) in [6, 6.07) is 12.4. The molecule has 2 aromatic rings. The molecule has 5 heteroatoms. The Bertz CT molecular complexity index is 691. The summed E-state index contributed by atoms with van der Waals surface area (Å²) in [5, 5.41) is 3.43. The highest BCUT2D eigenvalue weighted by atomic mass is 79.9. The lowest BCUT2D eigenvalue weighted by molar-refractivity contribution is 0.144. The van der Waals surface area contributed by atoms with Gasteiger partial charge in [-0.3, -0.25) is 0 Å². The Labute approximate surface area is 165 Å². The fraction of sp³-hybridized carbons (Fsp3) is 0.429. The highest BCUT2D eigenvalue weighted by Crippen LogP contribution is 2.37. The van der Waals surface area contributed by atoms with Crippen LogP contribution in [0, 0.1) is 6.92 Å². The Morgan fingerprint density at radius 2 is 1.96 bits per heavy atom. The van der Waals surface area contributed by atoms with Crippen LogP contribution in [-0.2, 0) is 17.9 Å². The molecular formula is C21H28BrNO3. The number of hydrogen-bond donors (Lipinski definition) is 1. The van der Waals surface area contributed by atoms with Crippen LogP contribution in [0.4, 0.5) is 0 Å². The van der Waals surface area contributed by atoms with E-state index in [-0.39, 0.29) is 0 Å². The lowest BCUT2D eigenvalue weighted by atomic mass is 10.1. The lowest BCUT2D eigenvalue weighted by Crippen LogP contribution is -2.16. The summed E-state index contributed by atoms with van der Waals surface area (Å²) in [6.45, 7) is 7.86. The molecule has 0 unspecified atom stereocenters. The summed E-state index contributed by atoms with van der Waals surface area (Å²) in [6.07, 6.45) is 1.00. The molecule has 1 N–H and O–H groups in total. The zero-order chi connectivity index (χ0) is 18.8. The molecule has 4 nitrogen and oxygen atoms in total. The highest BCUT2D eigenvalue weighted by Gasteiger charge is 2.12. The molecule has 0 amide bonds. The summed E-state index contributed by atoms with van der Waals surface area (Å²) < 4.78 is 17.8. The first kappa shape index (κ1) is 20.7. The van der Waals surface area contributed by atoms with E-state index in [4.69, 9.17) is 14.2 Å². The van der Waals surface area contributed by atoms with E-state index in [0.29, 0.717) is 6.61 Å². The number of benzene rings is 2. The Morgan fingerprint density at radius 3 is 2.69 bits per heavy atom. The van der Waals surface area contributed by atoms with E-state index in [1.54, 1.807) is 7.11 Å². The third-order valence-electron chi connectivity index (χ3n) is 3.93. The molecule has 0 spiro atoms. The molecule has 0 fully saturated rings. The van der Waals surface area contributed by atoms with Gasteiger partial charge in [-0.05, 0) is 66.0 Å². The molecule has 0 aliphatic rings. The molecule has 0 saturated heterocycles. The molecule has 0 radical (unpaired) electrons. The Morgan fingerprint density at radius 1 is 1.12 bits per heavy atom. The van der Waals surface area contributed by atoms with Crippen LogP contribution in [0.5, 0.6) is 11.5 Å². The van der Waals surface area contributed by atoms with Crippen LogP contribution in [0.3, 0.4) is 0 Å². The minimum atomic E-state index is 0.506. The van der Waals surface area contributed by atoms with Crippen molar-refractivity contribution in [1.82, 2.24) is 5.32 Å². The molecule has 2 aromatic carbocycles. The van der Waals surface area contributed by atoms with Gasteiger partial charge in [0.1, 0.15) is 6.61 Å². The maximum Gasteiger partial charge on any atom is 0.175 e. The van der Waals surface area contributed by atoms with E-state index >= 15 is 0 Å². The molecule has 0 aromatic heterocycles. The van der Waals surface area contributed by atoms with E-state index in [9.17, 15) is 0 Å². The number of halogens is 1. The van der Waals surface area contributed by atoms with Gasteiger partial charge in [0, 0.05) is 19.8 Å². The van der Waals surface area contributed by atoms with Crippen molar-refractivity contribution in [1.29, 1.82) is 0 Å². The second-order valence-electron chi connectivity index (χ2n) is 6.11. The van der Waals surface area contributed by atoms with Crippen LogP contribution in [0.15, 0.2) is 40.9 Å². The van der Waals surface area contributed by atoms with Crippen molar-refractivity contribution in [2.24, 2.45) is 0 Å².